The van der Waals surface area contributed by atoms with Gasteiger partial charge in [-0.05, 0) is 108 Å². The zero-order valence-corrected chi connectivity index (χ0v) is 31.9. The molecule has 1 aromatic heterocycles. The van der Waals surface area contributed by atoms with Gasteiger partial charge in [0.05, 0.1) is 11.4 Å². The lowest BCUT2D eigenvalue weighted by atomic mass is 9.85. The van der Waals surface area contributed by atoms with Gasteiger partial charge in [0, 0.05) is 16.7 Å². The Kier molecular flexibility index (Phi) is 8.33. The molecule has 11 rings (SSSR count). The molecule has 272 valence electrons. The molecule has 10 aromatic rings. The first-order valence-corrected chi connectivity index (χ1v) is 20.1. The molecule has 0 bridgehead atoms. The van der Waals surface area contributed by atoms with Gasteiger partial charge < -0.3 is 0 Å². The average Bonchev–Trinajstić information content (AvgIpc) is 3.31. The van der Waals surface area contributed by atoms with Crippen LogP contribution in [0.4, 0.5) is 0 Å². The van der Waals surface area contributed by atoms with Crippen molar-refractivity contribution in [3.63, 3.8) is 0 Å². The van der Waals surface area contributed by atoms with Gasteiger partial charge in [-0.1, -0.05) is 188 Å². The molecule has 0 saturated carbocycles. The van der Waals surface area contributed by atoms with Crippen molar-refractivity contribution in [1.29, 1.82) is 0 Å². The molecular weight excluding hydrogens is 701 g/mol. The van der Waals surface area contributed by atoms with E-state index in [1.54, 1.807) is 0 Å². The third-order valence-electron chi connectivity index (χ3n) is 11.7. The maximum absolute atomic E-state index is 5.31. The zero-order valence-electron chi connectivity index (χ0n) is 31.9. The van der Waals surface area contributed by atoms with Crippen LogP contribution in [0.2, 0.25) is 0 Å². The Labute approximate surface area is 338 Å². The largest absolute Gasteiger partial charge is 0.228 e. The number of hydrogen-bond acceptors (Lipinski definition) is 2. The van der Waals surface area contributed by atoms with Crippen molar-refractivity contribution in [3.8, 4) is 67.3 Å². The Hall–Kier alpha value is -7.42. The summed E-state index contributed by atoms with van der Waals surface area (Å²) in [5.41, 5.74) is 15.0. The first kappa shape index (κ1) is 33.9. The number of aromatic nitrogens is 2. The lowest BCUT2D eigenvalue weighted by Gasteiger charge is -2.19. The molecule has 58 heavy (non-hydrogen) atoms. The van der Waals surface area contributed by atoms with Crippen LogP contribution in [0.1, 0.15) is 17.5 Å². The van der Waals surface area contributed by atoms with E-state index in [-0.39, 0.29) is 0 Å². The molecule has 0 amide bonds. The van der Waals surface area contributed by atoms with Gasteiger partial charge in [-0.15, -0.1) is 0 Å². The third-order valence-corrected chi connectivity index (χ3v) is 11.7. The van der Waals surface area contributed by atoms with Crippen LogP contribution in [-0.2, 0) is 6.42 Å². The molecule has 0 N–H and O–H groups in total. The summed E-state index contributed by atoms with van der Waals surface area (Å²) in [5, 5.41) is 7.52. The number of hydrogen-bond donors (Lipinski definition) is 0. The Bertz CT molecular complexity index is 3140. The maximum atomic E-state index is 5.31. The smallest absolute Gasteiger partial charge is 0.160 e. The van der Waals surface area contributed by atoms with E-state index >= 15 is 0 Å². The van der Waals surface area contributed by atoms with E-state index in [0.29, 0.717) is 5.82 Å². The molecule has 0 fully saturated rings. The van der Waals surface area contributed by atoms with E-state index < -0.39 is 0 Å². The summed E-state index contributed by atoms with van der Waals surface area (Å²) >= 11 is 0. The summed E-state index contributed by atoms with van der Waals surface area (Å²) in [7, 11) is 0. The highest BCUT2D eigenvalue weighted by Crippen LogP contribution is 2.44. The molecule has 0 radical (unpaired) electrons. The second-order valence-corrected chi connectivity index (χ2v) is 15.2. The Morgan fingerprint density at radius 1 is 0.362 bits per heavy atom. The molecule has 2 heteroatoms. The number of fused-ring (bicyclic) bond motifs is 5. The van der Waals surface area contributed by atoms with Crippen LogP contribution in [0.5, 0.6) is 0 Å². The summed E-state index contributed by atoms with van der Waals surface area (Å²) in [6, 6.07) is 69.8. The summed E-state index contributed by atoms with van der Waals surface area (Å²) in [6.45, 7) is 0. The lowest BCUT2D eigenvalue weighted by molar-refractivity contribution is 0.992. The number of allylic oxidation sites excluding steroid dienone is 1. The van der Waals surface area contributed by atoms with Gasteiger partial charge in [0.2, 0.25) is 0 Å². The Morgan fingerprint density at radius 2 is 0.862 bits per heavy atom. The fourth-order valence-electron chi connectivity index (χ4n) is 9.04. The van der Waals surface area contributed by atoms with Gasteiger partial charge in [-0.25, -0.2) is 9.97 Å². The number of nitrogens with zero attached hydrogens (tertiary/aromatic N) is 2. The van der Waals surface area contributed by atoms with E-state index in [4.69, 9.17) is 9.97 Å². The minimum Gasteiger partial charge on any atom is -0.228 e. The fourth-order valence-corrected chi connectivity index (χ4v) is 9.04. The van der Waals surface area contributed by atoms with E-state index in [2.05, 4.69) is 200 Å². The number of benzene rings is 9. The molecule has 0 aliphatic heterocycles. The SMILES string of the molecule is C1=Cc2c(c(-c3ccc(-c4cc(-c5ccccc5)nc(-c5cccc(-c6c7ccccc7c(-c7ccccc7)c7ccccc67)c5)n4)cc3)cc3ccccc23)CC1. The van der Waals surface area contributed by atoms with Crippen LogP contribution >= 0.6 is 0 Å². The number of rotatable bonds is 6. The maximum Gasteiger partial charge on any atom is 0.160 e. The predicted octanol–water partition coefficient (Wildman–Crippen LogP) is 14.9. The van der Waals surface area contributed by atoms with Gasteiger partial charge in [-0.2, -0.15) is 0 Å². The van der Waals surface area contributed by atoms with Crippen molar-refractivity contribution < 1.29 is 0 Å². The highest BCUT2D eigenvalue weighted by atomic mass is 14.9. The average molecular weight is 739 g/mol. The third kappa shape index (κ3) is 5.90. The van der Waals surface area contributed by atoms with E-state index in [9.17, 15) is 0 Å². The zero-order chi connectivity index (χ0) is 38.4. The van der Waals surface area contributed by atoms with Crippen LogP contribution in [0.3, 0.4) is 0 Å². The molecule has 2 nitrogen and oxygen atoms in total. The molecular formula is C56H38N2. The van der Waals surface area contributed by atoms with Crippen molar-refractivity contribution in [2.24, 2.45) is 0 Å². The molecule has 1 heterocycles. The van der Waals surface area contributed by atoms with Crippen molar-refractivity contribution in [2.75, 3.05) is 0 Å². The molecule has 0 saturated heterocycles. The Balaban J connectivity index is 1.05. The summed E-state index contributed by atoms with van der Waals surface area (Å²) in [4.78, 5) is 10.5. The normalized spacial score (nSPS) is 12.3. The van der Waals surface area contributed by atoms with Crippen LogP contribution in [0.25, 0.3) is 106 Å². The molecule has 1 aliphatic carbocycles. The molecule has 0 unspecified atom stereocenters. The highest BCUT2D eigenvalue weighted by molar-refractivity contribution is 6.21. The first-order valence-electron chi connectivity index (χ1n) is 20.1. The van der Waals surface area contributed by atoms with Crippen LogP contribution in [0, 0.1) is 0 Å². The van der Waals surface area contributed by atoms with Gasteiger partial charge in [0.1, 0.15) is 0 Å². The predicted molar refractivity (Wildman–Crippen MR) is 245 cm³/mol. The van der Waals surface area contributed by atoms with Gasteiger partial charge in [0.25, 0.3) is 0 Å². The first-order chi connectivity index (χ1) is 28.8. The van der Waals surface area contributed by atoms with Crippen molar-refractivity contribution in [1.82, 2.24) is 9.97 Å². The van der Waals surface area contributed by atoms with E-state index in [1.807, 2.05) is 6.07 Å². The van der Waals surface area contributed by atoms with Gasteiger partial charge in [0.15, 0.2) is 5.82 Å². The molecule has 1 aliphatic rings. The standard InChI is InChI=1S/C56H38N2/c1-3-16-38(17-4-1)52-36-53(39-32-30-37(31-33-39)51-35-41-20-7-8-23-44(41)45-24-9-10-25-46(45)51)58-56(57-52)43-22-15-21-42(34-43)55-49-28-13-11-26-47(49)54(40-18-5-2-6-19-40)48-27-12-14-29-50(48)55/h1-9,11-24,26-36H,10,25H2. The molecule has 9 aromatic carbocycles. The van der Waals surface area contributed by atoms with Crippen LogP contribution in [-0.4, -0.2) is 9.97 Å². The monoisotopic (exact) mass is 738 g/mol. The van der Waals surface area contributed by atoms with Crippen molar-refractivity contribution in [3.05, 3.63) is 211 Å². The van der Waals surface area contributed by atoms with Crippen LogP contribution in [0.15, 0.2) is 200 Å². The quantitative estimate of drug-likeness (QED) is 0.159. The van der Waals surface area contributed by atoms with Crippen LogP contribution < -0.4 is 0 Å². The minimum absolute atomic E-state index is 0.701. The molecule has 0 atom stereocenters. The second-order valence-electron chi connectivity index (χ2n) is 15.2. The second kappa shape index (κ2) is 14.3. The lowest BCUT2D eigenvalue weighted by Crippen LogP contribution is -1.99. The van der Waals surface area contributed by atoms with E-state index in [0.717, 1.165) is 46.5 Å². The topological polar surface area (TPSA) is 25.8 Å². The summed E-state index contributed by atoms with van der Waals surface area (Å²) < 4.78 is 0. The molecule has 0 spiro atoms. The minimum atomic E-state index is 0.701. The highest BCUT2D eigenvalue weighted by Gasteiger charge is 2.19. The Morgan fingerprint density at radius 3 is 1.52 bits per heavy atom. The summed E-state index contributed by atoms with van der Waals surface area (Å²) in [5.74, 6) is 0.701. The van der Waals surface area contributed by atoms with Crippen molar-refractivity contribution in [2.45, 2.75) is 12.8 Å². The van der Waals surface area contributed by atoms with Crippen molar-refractivity contribution >= 4 is 38.4 Å². The van der Waals surface area contributed by atoms with Gasteiger partial charge >= 0.3 is 0 Å². The van der Waals surface area contributed by atoms with E-state index in [1.165, 1.54) is 71.3 Å². The fraction of sp³-hybridized carbons (Fsp3) is 0.0357. The summed E-state index contributed by atoms with van der Waals surface area (Å²) in [6.07, 6.45) is 6.73. The van der Waals surface area contributed by atoms with Gasteiger partial charge in [-0.3, -0.25) is 0 Å².